The number of rotatable bonds is 3. The molecular weight excluding hydrogens is 230 g/mol. The summed E-state index contributed by atoms with van der Waals surface area (Å²) in [5, 5.41) is 10.9. The van der Waals surface area contributed by atoms with Gasteiger partial charge in [0, 0.05) is 6.20 Å². The van der Waals surface area contributed by atoms with Crippen molar-refractivity contribution in [2.75, 3.05) is 10.7 Å². The highest BCUT2D eigenvalue weighted by atomic mass is 32.1. The van der Waals surface area contributed by atoms with Crippen LogP contribution >= 0.6 is 12.2 Å². The molecule has 0 bridgehead atoms. The number of anilines is 2. The van der Waals surface area contributed by atoms with E-state index < -0.39 is 6.09 Å². The molecule has 1 rings (SSSR count). The molecule has 1 amide bonds. The molecule has 6 N–H and O–H groups in total. The Hall–Kier alpha value is -2.09. The first-order chi connectivity index (χ1) is 7.50. The monoisotopic (exact) mass is 241 g/mol. The number of hydrogen-bond acceptors (Lipinski definition) is 4. The van der Waals surface area contributed by atoms with Crippen LogP contribution in [0.2, 0.25) is 0 Å². The van der Waals surface area contributed by atoms with Crippen molar-refractivity contribution >= 4 is 34.9 Å². The van der Waals surface area contributed by atoms with Gasteiger partial charge in [0.25, 0.3) is 0 Å². The quantitative estimate of drug-likeness (QED) is 0.390. The minimum atomic E-state index is -1.17. The van der Waals surface area contributed by atoms with E-state index in [1.807, 2.05) is 0 Å². The average Bonchev–Trinajstić information content (AvgIpc) is 2.18. The fraction of sp³-hybridized carbons (Fsp3) is 0.125. The topological polar surface area (TPSA) is 112 Å². The summed E-state index contributed by atoms with van der Waals surface area (Å²) in [4.78, 5) is 14.5. The summed E-state index contributed by atoms with van der Waals surface area (Å²) in [6, 6.07) is 1.68. The van der Waals surface area contributed by atoms with Crippen LogP contribution in [0, 0.1) is 6.92 Å². The number of hydrogen-bond donors (Lipinski definition) is 5. The molecule has 8 heteroatoms. The van der Waals surface area contributed by atoms with Gasteiger partial charge in [-0.1, -0.05) is 0 Å². The van der Waals surface area contributed by atoms with Crippen LogP contribution < -0.4 is 21.9 Å². The van der Waals surface area contributed by atoms with Crippen molar-refractivity contribution in [1.29, 1.82) is 0 Å². The smallest absolute Gasteiger partial charge is 0.409 e. The molecule has 1 aromatic heterocycles. The van der Waals surface area contributed by atoms with Crippen molar-refractivity contribution < 1.29 is 9.90 Å². The van der Waals surface area contributed by atoms with Crippen LogP contribution in [0.4, 0.5) is 16.3 Å². The molecule has 86 valence electrons. The van der Waals surface area contributed by atoms with Crippen LogP contribution in [0.3, 0.4) is 0 Å². The van der Waals surface area contributed by atoms with Crippen molar-refractivity contribution in [3.63, 3.8) is 0 Å². The average molecular weight is 241 g/mol. The van der Waals surface area contributed by atoms with E-state index >= 15 is 0 Å². The van der Waals surface area contributed by atoms with Gasteiger partial charge in [0.2, 0.25) is 0 Å². The lowest BCUT2D eigenvalue weighted by Crippen LogP contribution is -2.34. The lowest BCUT2D eigenvalue weighted by atomic mass is 10.2. The van der Waals surface area contributed by atoms with Gasteiger partial charge < -0.3 is 10.8 Å². The van der Waals surface area contributed by atoms with Crippen LogP contribution in [0.5, 0.6) is 0 Å². The minimum absolute atomic E-state index is 0.0320. The van der Waals surface area contributed by atoms with E-state index in [9.17, 15) is 4.79 Å². The highest BCUT2D eigenvalue weighted by Gasteiger charge is 2.09. The summed E-state index contributed by atoms with van der Waals surface area (Å²) in [6.45, 7) is 1.75. The summed E-state index contributed by atoms with van der Waals surface area (Å²) >= 11 is 4.60. The number of pyridine rings is 1. The van der Waals surface area contributed by atoms with Crippen LogP contribution in [0.25, 0.3) is 0 Å². The predicted octanol–water partition coefficient (Wildman–Crippen LogP) is 0.640. The Labute approximate surface area is 97.0 Å². The van der Waals surface area contributed by atoms with Crippen LogP contribution in [0.15, 0.2) is 12.3 Å². The lowest BCUT2D eigenvalue weighted by Gasteiger charge is -2.13. The molecule has 0 saturated heterocycles. The van der Waals surface area contributed by atoms with E-state index in [1.54, 1.807) is 13.0 Å². The van der Waals surface area contributed by atoms with Gasteiger partial charge in [-0.3, -0.25) is 16.2 Å². The van der Waals surface area contributed by atoms with Crippen LogP contribution in [-0.2, 0) is 0 Å². The summed E-state index contributed by atoms with van der Waals surface area (Å²) in [7, 11) is 0. The van der Waals surface area contributed by atoms with Crippen molar-refractivity contribution in [3.8, 4) is 0 Å². The number of hydrazine groups is 1. The number of carbonyl (C=O) groups is 1. The molecular formula is C8H11N5O2S. The molecule has 1 heterocycles. The third-order valence-electron chi connectivity index (χ3n) is 1.70. The van der Waals surface area contributed by atoms with Crippen LogP contribution in [0.1, 0.15) is 5.56 Å². The van der Waals surface area contributed by atoms with E-state index in [1.165, 1.54) is 6.20 Å². The third kappa shape index (κ3) is 3.24. The predicted molar refractivity (Wildman–Crippen MR) is 64.2 cm³/mol. The second-order valence-corrected chi connectivity index (χ2v) is 3.34. The Bertz CT molecular complexity index is 423. The first-order valence-electron chi connectivity index (χ1n) is 4.27. The fourth-order valence-corrected chi connectivity index (χ4v) is 1.09. The van der Waals surface area contributed by atoms with E-state index in [0.29, 0.717) is 11.5 Å². The molecule has 0 aliphatic heterocycles. The first kappa shape index (κ1) is 12.0. The first-order valence-corrected chi connectivity index (χ1v) is 4.68. The zero-order chi connectivity index (χ0) is 12.1. The second kappa shape index (κ2) is 5.12. The summed E-state index contributed by atoms with van der Waals surface area (Å²) in [5.41, 5.74) is 11.4. The van der Waals surface area contributed by atoms with Crippen molar-refractivity contribution in [3.05, 3.63) is 17.8 Å². The molecule has 0 aliphatic carbocycles. The van der Waals surface area contributed by atoms with Crippen molar-refractivity contribution in [2.45, 2.75) is 6.92 Å². The molecule has 1 aromatic rings. The van der Waals surface area contributed by atoms with Gasteiger partial charge in [-0.2, -0.15) is 0 Å². The maximum Gasteiger partial charge on any atom is 0.409 e. The van der Waals surface area contributed by atoms with E-state index in [-0.39, 0.29) is 5.11 Å². The molecule has 0 aromatic carbocycles. The standard InChI is InChI=1S/C8H11N5O2S/c1-4-2-3-10-6(12-13-7(9)16)5(4)11-8(14)15/h2-3,11H,1H3,(H,10,12)(H,14,15)(H3,9,13,16). The molecule has 16 heavy (non-hydrogen) atoms. The van der Waals surface area contributed by atoms with Gasteiger partial charge in [0.05, 0.1) is 5.69 Å². The summed E-state index contributed by atoms with van der Waals surface area (Å²) < 4.78 is 0. The zero-order valence-corrected chi connectivity index (χ0v) is 9.26. The number of aryl methyl sites for hydroxylation is 1. The number of thiocarbonyl (C=S) groups is 1. The number of carboxylic acid groups (broad SMARTS) is 1. The zero-order valence-electron chi connectivity index (χ0n) is 8.44. The lowest BCUT2D eigenvalue weighted by molar-refractivity contribution is 0.209. The maximum atomic E-state index is 10.6. The minimum Gasteiger partial charge on any atom is -0.465 e. The number of nitrogens with zero attached hydrogens (tertiary/aromatic N) is 1. The molecule has 0 unspecified atom stereocenters. The number of nitrogens with two attached hydrogens (primary N) is 1. The second-order valence-electron chi connectivity index (χ2n) is 2.90. The SMILES string of the molecule is Cc1ccnc(NNC(N)=S)c1NC(=O)O. The van der Waals surface area contributed by atoms with E-state index in [2.05, 4.69) is 33.4 Å². The molecule has 0 spiro atoms. The molecule has 0 aliphatic rings. The normalized spacial score (nSPS) is 9.31. The molecule has 7 nitrogen and oxygen atoms in total. The van der Waals surface area contributed by atoms with Gasteiger partial charge in [-0.05, 0) is 30.8 Å². The Morgan fingerprint density at radius 3 is 2.88 bits per heavy atom. The van der Waals surface area contributed by atoms with Crippen molar-refractivity contribution in [2.24, 2.45) is 5.73 Å². The fourth-order valence-electron chi connectivity index (χ4n) is 1.04. The Balaban J connectivity index is 2.93. The Morgan fingerprint density at radius 1 is 1.62 bits per heavy atom. The maximum absolute atomic E-state index is 10.6. The van der Waals surface area contributed by atoms with E-state index in [0.717, 1.165) is 5.56 Å². The summed E-state index contributed by atoms with van der Waals surface area (Å²) in [6.07, 6.45) is 0.362. The number of aromatic nitrogens is 1. The number of amides is 1. The molecule has 0 radical (unpaired) electrons. The van der Waals surface area contributed by atoms with Gasteiger partial charge >= 0.3 is 6.09 Å². The number of nitrogens with one attached hydrogen (secondary N) is 3. The Morgan fingerprint density at radius 2 is 2.31 bits per heavy atom. The summed E-state index contributed by atoms with van der Waals surface area (Å²) in [5.74, 6) is 0.301. The molecule has 0 fully saturated rings. The Kier molecular flexibility index (Phi) is 3.84. The van der Waals surface area contributed by atoms with E-state index in [4.69, 9.17) is 10.8 Å². The van der Waals surface area contributed by atoms with Gasteiger partial charge in [-0.25, -0.2) is 9.78 Å². The molecule has 0 atom stereocenters. The van der Waals surface area contributed by atoms with Crippen molar-refractivity contribution in [1.82, 2.24) is 10.4 Å². The molecule has 0 saturated carbocycles. The van der Waals surface area contributed by atoms with Gasteiger partial charge in [0.1, 0.15) is 0 Å². The highest BCUT2D eigenvalue weighted by Crippen LogP contribution is 2.22. The van der Waals surface area contributed by atoms with Crippen LogP contribution in [-0.4, -0.2) is 21.3 Å². The highest BCUT2D eigenvalue weighted by molar-refractivity contribution is 7.80. The third-order valence-corrected chi connectivity index (χ3v) is 1.80. The van der Waals surface area contributed by atoms with Gasteiger partial charge in [-0.15, -0.1) is 0 Å². The van der Waals surface area contributed by atoms with Gasteiger partial charge in [0.15, 0.2) is 10.9 Å². The largest absolute Gasteiger partial charge is 0.465 e.